The lowest BCUT2D eigenvalue weighted by Crippen LogP contribution is -2.39. The number of aromatic hydroxyl groups is 2. The highest BCUT2D eigenvalue weighted by Crippen LogP contribution is 2.24. The van der Waals surface area contributed by atoms with E-state index in [2.05, 4.69) is 24.0 Å². The van der Waals surface area contributed by atoms with Gasteiger partial charge in [-0.3, -0.25) is 5.01 Å². The smallest absolute Gasteiger partial charge is 0.128 e. The minimum Gasteiger partial charge on any atom is -0.508 e. The van der Waals surface area contributed by atoms with E-state index in [0.717, 1.165) is 12.8 Å². The van der Waals surface area contributed by atoms with Gasteiger partial charge in [0.1, 0.15) is 11.5 Å². The zero-order valence-corrected chi connectivity index (χ0v) is 10.9. The van der Waals surface area contributed by atoms with Gasteiger partial charge in [0.25, 0.3) is 0 Å². The van der Waals surface area contributed by atoms with Gasteiger partial charge in [0.05, 0.1) is 6.21 Å². The Morgan fingerprint density at radius 2 is 1.89 bits per heavy atom. The molecule has 18 heavy (non-hydrogen) atoms. The maximum absolute atomic E-state index is 9.68. The van der Waals surface area contributed by atoms with Crippen molar-refractivity contribution in [2.45, 2.75) is 45.2 Å². The van der Waals surface area contributed by atoms with E-state index in [4.69, 9.17) is 0 Å². The molecule has 0 saturated carbocycles. The lowest BCUT2D eigenvalue weighted by molar-refractivity contribution is 0.109. The highest BCUT2D eigenvalue weighted by atomic mass is 16.3. The molecule has 2 rings (SSSR count). The van der Waals surface area contributed by atoms with Crippen molar-refractivity contribution >= 4 is 6.21 Å². The number of piperidine rings is 1. The average molecular weight is 248 g/mol. The van der Waals surface area contributed by atoms with Crippen LogP contribution in [0.1, 0.15) is 38.7 Å². The van der Waals surface area contributed by atoms with Crippen LogP contribution in [0.2, 0.25) is 0 Å². The van der Waals surface area contributed by atoms with Crippen LogP contribution in [0, 0.1) is 0 Å². The molecule has 0 radical (unpaired) electrons. The molecule has 4 heteroatoms. The Bertz CT molecular complexity index is 435. The number of rotatable bonds is 2. The van der Waals surface area contributed by atoms with Crippen LogP contribution in [0.5, 0.6) is 11.5 Å². The number of phenolic OH excluding ortho intramolecular Hbond substituents is 2. The van der Waals surface area contributed by atoms with Crippen molar-refractivity contribution in [2.75, 3.05) is 0 Å². The Balaban J connectivity index is 2.14. The number of nitrogens with zero attached hydrogens (tertiary/aromatic N) is 2. The molecule has 2 N–H and O–H groups in total. The predicted molar refractivity (Wildman–Crippen MR) is 72.0 cm³/mol. The number of hydrazone groups is 1. The molecule has 0 amide bonds. The molecule has 2 atom stereocenters. The number of benzene rings is 1. The molecule has 0 bridgehead atoms. The van der Waals surface area contributed by atoms with Gasteiger partial charge in [0.15, 0.2) is 0 Å². The normalized spacial score (nSPS) is 24.7. The first-order valence-electron chi connectivity index (χ1n) is 6.42. The van der Waals surface area contributed by atoms with Crippen LogP contribution in [0.4, 0.5) is 0 Å². The van der Waals surface area contributed by atoms with Crippen LogP contribution < -0.4 is 0 Å². The summed E-state index contributed by atoms with van der Waals surface area (Å²) in [7, 11) is 0. The van der Waals surface area contributed by atoms with Crippen molar-refractivity contribution in [1.29, 1.82) is 0 Å². The standard InChI is InChI=1S/C14H20N2O2/c1-10-4-3-5-11(2)16(10)15-9-12-6-7-13(17)8-14(12)18/h6-11,17-18H,3-5H2,1-2H3/b15-9+/t10-,11-/m0/s1. The van der Waals surface area contributed by atoms with E-state index in [0.29, 0.717) is 17.6 Å². The van der Waals surface area contributed by atoms with Crippen molar-refractivity contribution in [3.8, 4) is 11.5 Å². The first-order valence-corrected chi connectivity index (χ1v) is 6.42. The van der Waals surface area contributed by atoms with Crippen LogP contribution in [0.25, 0.3) is 0 Å². The number of phenols is 2. The quantitative estimate of drug-likeness (QED) is 0.791. The summed E-state index contributed by atoms with van der Waals surface area (Å²) in [6, 6.07) is 5.40. The SMILES string of the molecule is C[C@H]1CCC[C@H](C)N1/N=C/c1ccc(O)cc1O. The summed E-state index contributed by atoms with van der Waals surface area (Å²) in [5.41, 5.74) is 0.623. The first kappa shape index (κ1) is 12.7. The van der Waals surface area contributed by atoms with E-state index in [-0.39, 0.29) is 11.5 Å². The second kappa shape index (κ2) is 5.29. The number of hydrogen-bond donors (Lipinski definition) is 2. The van der Waals surface area contributed by atoms with Crippen LogP contribution in [0.15, 0.2) is 23.3 Å². The molecule has 1 saturated heterocycles. The van der Waals surface area contributed by atoms with Crippen molar-refractivity contribution in [3.05, 3.63) is 23.8 Å². The van der Waals surface area contributed by atoms with Gasteiger partial charge in [-0.25, -0.2) is 0 Å². The molecule has 1 aliphatic rings. The molecule has 1 aromatic rings. The lowest BCUT2D eigenvalue weighted by Gasteiger charge is -2.36. The third-order valence-electron chi connectivity index (χ3n) is 3.49. The Kier molecular flexibility index (Phi) is 3.75. The van der Waals surface area contributed by atoms with Crippen LogP contribution in [-0.4, -0.2) is 33.5 Å². The van der Waals surface area contributed by atoms with Crippen molar-refractivity contribution in [2.24, 2.45) is 5.10 Å². The van der Waals surface area contributed by atoms with Crippen LogP contribution in [-0.2, 0) is 0 Å². The topological polar surface area (TPSA) is 56.1 Å². The third kappa shape index (κ3) is 2.75. The second-order valence-corrected chi connectivity index (χ2v) is 5.00. The minimum absolute atomic E-state index is 0.0519. The van der Waals surface area contributed by atoms with Gasteiger partial charge >= 0.3 is 0 Å². The van der Waals surface area contributed by atoms with Gasteiger partial charge in [0, 0.05) is 23.7 Å². The molecule has 98 valence electrons. The summed E-state index contributed by atoms with van der Waals surface area (Å²) in [5.74, 6) is 0.112. The lowest BCUT2D eigenvalue weighted by atomic mass is 10.00. The average Bonchev–Trinajstić information content (AvgIpc) is 2.31. The number of hydrogen-bond acceptors (Lipinski definition) is 4. The summed E-state index contributed by atoms with van der Waals surface area (Å²) < 4.78 is 0. The zero-order valence-electron chi connectivity index (χ0n) is 10.9. The van der Waals surface area contributed by atoms with Gasteiger partial charge in [0.2, 0.25) is 0 Å². The maximum Gasteiger partial charge on any atom is 0.128 e. The highest BCUT2D eigenvalue weighted by Gasteiger charge is 2.22. The second-order valence-electron chi connectivity index (χ2n) is 5.00. The van der Waals surface area contributed by atoms with Crippen LogP contribution in [0.3, 0.4) is 0 Å². The molecule has 1 fully saturated rings. The first-order chi connectivity index (χ1) is 8.58. The van der Waals surface area contributed by atoms with Gasteiger partial charge in [-0.05, 0) is 45.2 Å². The summed E-state index contributed by atoms with van der Waals surface area (Å²) in [4.78, 5) is 0. The molecule has 0 aliphatic carbocycles. The summed E-state index contributed by atoms with van der Waals surface area (Å²) in [6.45, 7) is 4.34. The Hall–Kier alpha value is -1.71. The third-order valence-corrected chi connectivity index (χ3v) is 3.49. The van der Waals surface area contributed by atoms with E-state index < -0.39 is 0 Å². The van der Waals surface area contributed by atoms with E-state index in [1.54, 1.807) is 18.3 Å². The molecule has 1 heterocycles. The van der Waals surface area contributed by atoms with Crippen molar-refractivity contribution in [1.82, 2.24) is 5.01 Å². The monoisotopic (exact) mass is 248 g/mol. The summed E-state index contributed by atoms with van der Waals surface area (Å²) >= 11 is 0. The fraction of sp³-hybridized carbons (Fsp3) is 0.500. The molecular weight excluding hydrogens is 228 g/mol. The fourth-order valence-corrected chi connectivity index (χ4v) is 2.41. The van der Waals surface area contributed by atoms with Crippen molar-refractivity contribution < 1.29 is 10.2 Å². The molecule has 0 spiro atoms. The predicted octanol–water partition coefficient (Wildman–Crippen LogP) is 2.69. The van der Waals surface area contributed by atoms with E-state index in [1.807, 2.05) is 0 Å². The molecule has 0 aromatic heterocycles. The minimum atomic E-state index is 0.0519. The van der Waals surface area contributed by atoms with Crippen molar-refractivity contribution in [3.63, 3.8) is 0 Å². The highest BCUT2D eigenvalue weighted by molar-refractivity contribution is 5.83. The van der Waals surface area contributed by atoms with Gasteiger partial charge in [-0.2, -0.15) is 5.10 Å². The maximum atomic E-state index is 9.68. The fourth-order valence-electron chi connectivity index (χ4n) is 2.41. The van der Waals surface area contributed by atoms with E-state index in [1.165, 1.54) is 12.5 Å². The van der Waals surface area contributed by atoms with Gasteiger partial charge in [-0.1, -0.05) is 0 Å². The molecule has 4 nitrogen and oxygen atoms in total. The molecule has 1 aliphatic heterocycles. The largest absolute Gasteiger partial charge is 0.508 e. The molecular formula is C14H20N2O2. The van der Waals surface area contributed by atoms with Gasteiger partial charge < -0.3 is 10.2 Å². The zero-order chi connectivity index (χ0) is 13.1. The Morgan fingerprint density at radius 1 is 1.22 bits per heavy atom. The Labute approximate surface area is 108 Å². The van der Waals surface area contributed by atoms with E-state index in [9.17, 15) is 10.2 Å². The molecule has 0 unspecified atom stereocenters. The summed E-state index contributed by atoms with van der Waals surface area (Å²) in [6.07, 6.45) is 5.22. The van der Waals surface area contributed by atoms with Gasteiger partial charge in [-0.15, -0.1) is 0 Å². The summed E-state index contributed by atoms with van der Waals surface area (Å²) in [5, 5.41) is 25.5. The van der Waals surface area contributed by atoms with Crippen LogP contribution >= 0.6 is 0 Å². The molecule has 1 aromatic carbocycles. The Morgan fingerprint density at radius 3 is 2.50 bits per heavy atom. The van der Waals surface area contributed by atoms with E-state index >= 15 is 0 Å².